The van der Waals surface area contributed by atoms with Crippen molar-refractivity contribution in [2.45, 2.75) is 13.3 Å². The molecule has 0 aliphatic carbocycles. The molecule has 0 aliphatic rings. The summed E-state index contributed by atoms with van der Waals surface area (Å²) in [5, 5.41) is 0.672. The van der Waals surface area contributed by atoms with E-state index in [9.17, 15) is 4.57 Å². The quantitative estimate of drug-likeness (QED) is 0.759. The number of para-hydroxylation sites is 1. The zero-order valence-corrected chi connectivity index (χ0v) is 13.7. The first kappa shape index (κ1) is 16.8. The molecular weight excluding hydrogens is 297 g/mol. The molecule has 0 heterocycles. The van der Waals surface area contributed by atoms with Crippen LogP contribution in [-0.2, 0) is 15.5 Å². The van der Waals surface area contributed by atoms with E-state index in [-0.39, 0.29) is 6.35 Å². The molecule has 2 aromatic rings. The third kappa shape index (κ3) is 4.44. The number of rotatable bonds is 8. The Morgan fingerprint density at radius 3 is 2.32 bits per heavy atom. The lowest BCUT2D eigenvalue weighted by molar-refractivity contribution is 0.300. The van der Waals surface area contributed by atoms with Gasteiger partial charge in [0, 0.05) is 5.30 Å². The van der Waals surface area contributed by atoms with Gasteiger partial charge in [-0.05, 0) is 49.7 Å². The molecule has 4 nitrogen and oxygen atoms in total. The van der Waals surface area contributed by atoms with Crippen LogP contribution in [0, 0.1) is 0 Å². The molecule has 2 aromatic carbocycles. The second-order valence-electron chi connectivity index (χ2n) is 4.88. The molecule has 2 N–H and O–H groups in total. The van der Waals surface area contributed by atoms with Crippen LogP contribution in [0.15, 0.2) is 54.6 Å². The Hall–Kier alpha value is -1.61. The molecule has 0 amide bonds. The van der Waals surface area contributed by atoms with Crippen LogP contribution in [0.1, 0.15) is 12.5 Å². The number of benzene rings is 2. The third-order valence-electron chi connectivity index (χ3n) is 3.24. The maximum absolute atomic E-state index is 13.1. The summed E-state index contributed by atoms with van der Waals surface area (Å²) in [7, 11) is -3.03. The number of ether oxygens (including phenoxy) is 1. The van der Waals surface area contributed by atoms with Crippen molar-refractivity contribution >= 4 is 12.7 Å². The Labute approximate surface area is 131 Å². The van der Waals surface area contributed by atoms with Gasteiger partial charge in [0.25, 0.3) is 7.37 Å². The molecule has 1 unspecified atom stereocenters. The van der Waals surface area contributed by atoms with Crippen LogP contribution >= 0.6 is 7.37 Å². The van der Waals surface area contributed by atoms with Crippen LogP contribution < -0.4 is 15.8 Å². The summed E-state index contributed by atoms with van der Waals surface area (Å²) in [6.45, 7) is 2.80. The highest BCUT2D eigenvalue weighted by molar-refractivity contribution is 7.66. The van der Waals surface area contributed by atoms with Crippen molar-refractivity contribution in [3.8, 4) is 5.75 Å². The summed E-state index contributed by atoms with van der Waals surface area (Å²) in [6.07, 6.45) is 0.834. The van der Waals surface area contributed by atoms with Gasteiger partial charge in [0.05, 0.1) is 6.61 Å². The molecule has 5 heteroatoms. The van der Waals surface area contributed by atoms with Gasteiger partial charge in [-0.3, -0.25) is 4.57 Å². The molecule has 0 spiro atoms. The van der Waals surface area contributed by atoms with Crippen molar-refractivity contribution < 1.29 is 13.8 Å². The first-order valence-corrected chi connectivity index (χ1v) is 9.20. The van der Waals surface area contributed by atoms with Gasteiger partial charge in [-0.1, -0.05) is 30.3 Å². The smallest absolute Gasteiger partial charge is 0.268 e. The van der Waals surface area contributed by atoms with Gasteiger partial charge in [-0.25, -0.2) is 0 Å². The summed E-state index contributed by atoms with van der Waals surface area (Å²) in [4.78, 5) is 0. The minimum atomic E-state index is -3.03. The van der Waals surface area contributed by atoms with Gasteiger partial charge < -0.3 is 15.0 Å². The number of hydrogen-bond acceptors (Lipinski definition) is 4. The fourth-order valence-electron chi connectivity index (χ4n) is 2.13. The van der Waals surface area contributed by atoms with Crippen molar-refractivity contribution in [2.24, 2.45) is 5.73 Å². The van der Waals surface area contributed by atoms with Crippen molar-refractivity contribution in [3.05, 3.63) is 60.2 Å². The summed E-state index contributed by atoms with van der Waals surface area (Å²) < 4.78 is 24.3. The van der Waals surface area contributed by atoms with E-state index in [1.165, 1.54) is 0 Å². The third-order valence-corrected chi connectivity index (χ3v) is 5.47. The average Bonchev–Trinajstić information content (AvgIpc) is 2.55. The van der Waals surface area contributed by atoms with E-state index in [0.29, 0.717) is 24.2 Å². The van der Waals surface area contributed by atoms with Crippen LogP contribution in [0.4, 0.5) is 0 Å². The molecule has 1 atom stereocenters. The summed E-state index contributed by atoms with van der Waals surface area (Å²) in [5.74, 6) is 0.683. The summed E-state index contributed by atoms with van der Waals surface area (Å²) >= 11 is 0. The minimum absolute atomic E-state index is 0.0289. The Kier molecular flexibility index (Phi) is 6.20. The highest BCUT2D eigenvalue weighted by Gasteiger charge is 2.26. The second-order valence-corrected chi connectivity index (χ2v) is 7.26. The fourth-order valence-corrected chi connectivity index (χ4v) is 3.84. The van der Waals surface area contributed by atoms with Crippen molar-refractivity contribution in [2.75, 3.05) is 19.5 Å². The van der Waals surface area contributed by atoms with Crippen molar-refractivity contribution in [1.29, 1.82) is 0 Å². The minimum Gasteiger partial charge on any atom is -0.483 e. The van der Waals surface area contributed by atoms with Crippen molar-refractivity contribution in [1.82, 2.24) is 0 Å². The van der Waals surface area contributed by atoms with Gasteiger partial charge >= 0.3 is 0 Å². The molecule has 0 fully saturated rings. The van der Waals surface area contributed by atoms with Crippen LogP contribution in [0.5, 0.6) is 5.75 Å². The molecule has 22 heavy (non-hydrogen) atoms. The second kappa shape index (κ2) is 8.14. The molecule has 0 bridgehead atoms. The highest BCUT2D eigenvalue weighted by atomic mass is 31.2. The SMILES string of the molecule is CCOP(=O)(COc1ccccc1)c1ccc(CCN)cc1. The predicted octanol–water partition coefficient (Wildman–Crippen LogP) is 3.16. The number of nitrogens with two attached hydrogens (primary N) is 1. The topological polar surface area (TPSA) is 61.5 Å². The Bertz CT molecular complexity index is 614. The van der Waals surface area contributed by atoms with E-state index < -0.39 is 7.37 Å². The van der Waals surface area contributed by atoms with E-state index in [1.54, 1.807) is 0 Å². The highest BCUT2D eigenvalue weighted by Crippen LogP contribution is 2.45. The monoisotopic (exact) mass is 319 g/mol. The van der Waals surface area contributed by atoms with E-state index >= 15 is 0 Å². The van der Waals surface area contributed by atoms with Crippen LogP contribution in [0.2, 0.25) is 0 Å². The first-order valence-electron chi connectivity index (χ1n) is 7.39. The lowest BCUT2D eigenvalue weighted by Gasteiger charge is -2.19. The van der Waals surface area contributed by atoms with Crippen LogP contribution in [0.3, 0.4) is 0 Å². The summed E-state index contributed by atoms with van der Waals surface area (Å²) in [5.41, 5.74) is 6.67. The zero-order valence-electron chi connectivity index (χ0n) is 12.8. The lowest BCUT2D eigenvalue weighted by Crippen LogP contribution is -2.14. The molecule has 0 aliphatic heterocycles. The van der Waals surface area contributed by atoms with Gasteiger partial charge in [0.15, 0.2) is 6.35 Å². The van der Waals surface area contributed by atoms with E-state index in [2.05, 4.69) is 0 Å². The van der Waals surface area contributed by atoms with Gasteiger partial charge in [-0.2, -0.15) is 0 Å². The molecular formula is C17H22NO3P. The Morgan fingerprint density at radius 1 is 1.05 bits per heavy atom. The molecule has 0 saturated carbocycles. The van der Waals surface area contributed by atoms with Crippen LogP contribution in [-0.4, -0.2) is 19.5 Å². The average molecular weight is 319 g/mol. The molecule has 118 valence electrons. The zero-order chi connectivity index (χ0) is 15.8. The molecule has 0 saturated heterocycles. The standard InChI is InChI=1S/C17H22NO3P/c1-2-21-22(19,14-20-16-6-4-3-5-7-16)17-10-8-15(9-11-17)12-13-18/h3-11H,2,12-14,18H2,1H3. The van der Waals surface area contributed by atoms with Gasteiger partial charge in [0.2, 0.25) is 0 Å². The van der Waals surface area contributed by atoms with Gasteiger partial charge in [-0.15, -0.1) is 0 Å². The summed E-state index contributed by atoms with van der Waals surface area (Å²) in [6, 6.07) is 16.9. The normalized spacial score (nSPS) is 13.5. The largest absolute Gasteiger partial charge is 0.483 e. The maximum atomic E-state index is 13.1. The molecule has 2 rings (SSSR count). The van der Waals surface area contributed by atoms with Gasteiger partial charge in [0.1, 0.15) is 5.75 Å². The molecule has 0 radical (unpaired) electrons. The Balaban J connectivity index is 2.14. The van der Waals surface area contributed by atoms with E-state index in [4.69, 9.17) is 15.0 Å². The van der Waals surface area contributed by atoms with E-state index in [1.807, 2.05) is 61.5 Å². The number of hydrogen-bond donors (Lipinski definition) is 1. The van der Waals surface area contributed by atoms with E-state index in [0.717, 1.165) is 12.0 Å². The molecule has 0 aromatic heterocycles. The first-order chi connectivity index (χ1) is 10.7. The predicted molar refractivity (Wildman–Crippen MR) is 90.0 cm³/mol. The maximum Gasteiger partial charge on any atom is 0.268 e. The Morgan fingerprint density at radius 2 is 1.73 bits per heavy atom. The lowest BCUT2D eigenvalue weighted by atomic mass is 10.2. The van der Waals surface area contributed by atoms with Crippen molar-refractivity contribution in [3.63, 3.8) is 0 Å². The van der Waals surface area contributed by atoms with Crippen LogP contribution in [0.25, 0.3) is 0 Å². The fraction of sp³-hybridized carbons (Fsp3) is 0.294.